The molecule has 3 heteroatoms. The summed E-state index contributed by atoms with van der Waals surface area (Å²) in [5, 5.41) is 13.0. The molecular formula is C23H17NO2. The van der Waals surface area contributed by atoms with Gasteiger partial charge in [0.05, 0.1) is 5.92 Å². The summed E-state index contributed by atoms with van der Waals surface area (Å²) in [6.45, 7) is 0. The summed E-state index contributed by atoms with van der Waals surface area (Å²) in [5.74, 6) is -0.670. The van der Waals surface area contributed by atoms with Crippen LogP contribution in [0.25, 0.3) is 11.1 Å². The maximum absolute atomic E-state index is 13.2. The van der Waals surface area contributed by atoms with E-state index in [-0.39, 0.29) is 11.5 Å². The van der Waals surface area contributed by atoms with Gasteiger partial charge in [0.25, 0.3) is 0 Å². The second kappa shape index (κ2) is 6.81. The number of Topliss-reactive ketones (excluding diaryl/α,β-unsaturated/α-hetero) is 1. The van der Waals surface area contributed by atoms with Crippen LogP contribution in [0.4, 0.5) is 0 Å². The standard InChI is InChI=1S/C23H17NO2/c25-23-21(18-14-8-3-9-15-18)19(16-10-4-1-5-11-16)20(22(23)24-26)17-12-6-2-7-13-17/h1-15,21,26H/b24-22-. The second-order valence-corrected chi connectivity index (χ2v) is 6.18. The van der Waals surface area contributed by atoms with E-state index in [9.17, 15) is 10.0 Å². The molecule has 1 N–H and O–H groups in total. The van der Waals surface area contributed by atoms with Gasteiger partial charge in [-0.05, 0) is 22.3 Å². The Morgan fingerprint density at radius 3 is 1.73 bits per heavy atom. The van der Waals surface area contributed by atoms with E-state index in [1.54, 1.807) is 0 Å². The molecule has 0 saturated heterocycles. The molecule has 0 fully saturated rings. The van der Waals surface area contributed by atoms with E-state index in [0.29, 0.717) is 5.57 Å². The minimum Gasteiger partial charge on any atom is -0.410 e. The molecule has 0 saturated carbocycles. The van der Waals surface area contributed by atoms with Crippen LogP contribution in [0, 0.1) is 0 Å². The van der Waals surface area contributed by atoms with Crippen LogP contribution in [0.3, 0.4) is 0 Å². The molecule has 0 bridgehead atoms. The van der Waals surface area contributed by atoms with Crippen molar-refractivity contribution in [3.05, 3.63) is 108 Å². The molecule has 0 amide bonds. The van der Waals surface area contributed by atoms with Crippen LogP contribution in [0.15, 0.2) is 96.2 Å². The van der Waals surface area contributed by atoms with Gasteiger partial charge in [-0.3, -0.25) is 4.79 Å². The van der Waals surface area contributed by atoms with Gasteiger partial charge in [-0.1, -0.05) is 96.2 Å². The Morgan fingerprint density at radius 1 is 0.692 bits per heavy atom. The van der Waals surface area contributed by atoms with Crippen molar-refractivity contribution in [2.24, 2.45) is 5.16 Å². The molecular weight excluding hydrogens is 322 g/mol. The Labute approximate surface area is 151 Å². The topological polar surface area (TPSA) is 49.7 Å². The highest BCUT2D eigenvalue weighted by Gasteiger charge is 2.41. The smallest absolute Gasteiger partial charge is 0.197 e. The van der Waals surface area contributed by atoms with Crippen molar-refractivity contribution in [2.75, 3.05) is 0 Å². The molecule has 0 aliphatic heterocycles. The van der Waals surface area contributed by atoms with Gasteiger partial charge in [0.2, 0.25) is 0 Å². The minimum atomic E-state index is -0.486. The molecule has 3 aromatic carbocycles. The first-order valence-electron chi connectivity index (χ1n) is 8.48. The number of carbonyl (C=O) groups excluding carboxylic acids is 1. The summed E-state index contributed by atoms with van der Waals surface area (Å²) >= 11 is 0. The third-order valence-electron chi connectivity index (χ3n) is 4.67. The second-order valence-electron chi connectivity index (χ2n) is 6.18. The van der Waals surface area contributed by atoms with Gasteiger partial charge in [-0.25, -0.2) is 0 Å². The van der Waals surface area contributed by atoms with Crippen LogP contribution in [-0.4, -0.2) is 16.7 Å². The molecule has 0 spiro atoms. The van der Waals surface area contributed by atoms with E-state index in [0.717, 1.165) is 22.3 Å². The van der Waals surface area contributed by atoms with Crippen LogP contribution >= 0.6 is 0 Å². The van der Waals surface area contributed by atoms with Crippen LogP contribution in [0.2, 0.25) is 0 Å². The number of hydrogen-bond acceptors (Lipinski definition) is 3. The molecule has 1 aliphatic carbocycles. The molecule has 3 aromatic rings. The summed E-state index contributed by atoms with van der Waals surface area (Å²) in [7, 11) is 0. The van der Waals surface area contributed by atoms with Crippen molar-refractivity contribution in [1.82, 2.24) is 0 Å². The zero-order chi connectivity index (χ0) is 17.9. The summed E-state index contributed by atoms with van der Waals surface area (Å²) in [4.78, 5) is 13.2. The predicted octanol–water partition coefficient (Wildman–Crippen LogP) is 4.79. The first kappa shape index (κ1) is 16.0. The summed E-state index contributed by atoms with van der Waals surface area (Å²) in [6.07, 6.45) is 0. The average molecular weight is 339 g/mol. The fourth-order valence-electron chi connectivity index (χ4n) is 3.55. The molecule has 0 radical (unpaired) electrons. The maximum Gasteiger partial charge on any atom is 0.197 e. The molecule has 4 rings (SSSR count). The fraction of sp³-hybridized carbons (Fsp3) is 0.0435. The largest absolute Gasteiger partial charge is 0.410 e. The highest BCUT2D eigenvalue weighted by atomic mass is 16.4. The van der Waals surface area contributed by atoms with Gasteiger partial charge < -0.3 is 5.21 Å². The van der Waals surface area contributed by atoms with Gasteiger partial charge in [0, 0.05) is 5.57 Å². The number of oxime groups is 1. The molecule has 1 atom stereocenters. The highest BCUT2D eigenvalue weighted by Crippen LogP contribution is 2.45. The Morgan fingerprint density at radius 2 is 1.19 bits per heavy atom. The summed E-state index contributed by atoms with van der Waals surface area (Å²) in [6, 6.07) is 29.1. The average Bonchev–Trinajstić information content (AvgIpc) is 3.02. The summed E-state index contributed by atoms with van der Waals surface area (Å²) in [5.41, 5.74) is 4.39. The van der Waals surface area contributed by atoms with Crippen LogP contribution in [-0.2, 0) is 4.79 Å². The lowest BCUT2D eigenvalue weighted by Crippen LogP contribution is -2.16. The predicted molar refractivity (Wildman–Crippen MR) is 103 cm³/mol. The Hall–Kier alpha value is -3.46. The molecule has 3 nitrogen and oxygen atoms in total. The van der Waals surface area contributed by atoms with Crippen molar-refractivity contribution >= 4 is 22.6 Å². The van der Waals surface area contributed by atoms with Crippen LogP contribution < -0.4 is 0 Å². The SMILES string of the molecule is O=C1/C(=N\O)C(c2ccccc2)=C(c2ccccc2)C1c1ccccc1. The van der Waals surface area contributed by atoms with E-state index in [1.165, 1.54) is 0 Å². The van der Waals surface area contributed by atoms with Gasteiger partial charge in [0.15, 0.2) is 11.5 Å². The number of rotatable bonds is 3. The Kier molecular flexibility index (Phi) is 4.20. The van der Waals surface area contributed by atoms with Crippen molar-refractivity contribution in [3.63, 3.8) is 0 Å². The zero-order valence-electron chi connectivity index (χ0n) is 14.0. The van der Waals surface area contributed by atoms with Crippen LogP contribution in [0.5, 0.6) is 0 Å². The highest BCUT2D eigenvalue weighted by molar-refractivity contribution is 6.65. The van der Waals surface area contributed by atoms with Crippen molar-refractivity contribution in [2.45, 2.75) is 5.92 Å². The lowest BCUT2D eigenvalue weighted by molar-refractivity contribution is -0.112. The lowest BCUT2D eigenvalue weighted by atomic mass is 9.86. The number of nitrogens with zero attached hydrogens (tertiary/aromatic N) is 1. The van der Waals surface area contributed by atoms with Gasteiger partial charge in [0.1, 0.15) is 0 Å². The third kappa shape index (κ3) is 2.64. The number of ketones is 1. The lowest BCUT2D eigenvalue weighted by Gasteiger charge is -2.15. The normalized spacial score (nSPS) is 18.5. The van der Waals surface area contributed by atoms with Crippen molar-refractivity contribution < 1.29 is 10.0 Å². The number of hydrogen-bond donors (Lipinski definition) is 1. The molecule has 1 aliphatic rings. The van der Waals surface area contributed by atoms with Crippen LogP contribution in [0.1, 0.15) is 22.6 Å². The fourth-order valence-corrected chi connectivity index (χ4v) is 3.55. The van der Waals surface area contributed by atoms with Crippen molar-refractivity contribution in [1.29, 1.82) is 0 Å². The van der Waals surface area contributed by atoms with E-state index in [1.807, 2.05) is 91.0 Å². The number of allylic oxidation sites excluding steroid dienone is 2. The van der Waals surface area contributed by atoms with E-state index < -0.39 is 5.92 Å². The summed E-state index contributed by atoms with van der Waals surface area (Å²) < 4.78 is 0. The van der Waals surface area contributed by atoms with E-state index in [2.05, 4.69) is 5.16 Å². The van der Waals surface area contributed by atoms with Crippen molar-refractivity contribution in [3.8, 4) is 0 Å². The molecule has 1 unspecified atom stereocenters. The third-order valence-corrected chi connectivity index (χ3v) is 4.67. The Balaban J connectivity index is 2.04. The molecule has 26 heavy (non-hydrogen) atoms. The van der Waals surface area contributed by atoms with E-state index >= 15 is 0 Å². The quantitative estimate of drug-likeness (QED) is 0.551. The number of carbonyl (C=O) groups is 1. The van der Waals surface area contributed by atoms with Gasteiger partial charge in [-0.2, -0.15) is 0 Å². The zero-order valence-corrected chi connectivity index (χ0v) is 14.0. The van der Waals surface area contributed by atoms with Gasteiger partial charge in [-0.15, -0.1) is 0 Å². The molecule has 0 aromatic heterocycles. The van der Waals surface area contributed by atoms with Gasteiger partial charge >= 0.3 is 0 Å². The minimum absolute atomic E-state index is 0.115. The maximum atomic E-state index is 13.2. The molecule has 126 valence electrons. The van der Waals surface area contributed by atoms with E-state index in [4.69, 9.17) is 0 Å². The molecule has 0 heterocycles. The first-order valence-corrected chi connectivity index (χ1v) is 8.48. The number of benzene rings is 3. The monoisotopic (exact) mass is 339 g/mol. The first-order chi connectivity index (χ1) is 12.8. The Bertz CT molecular complexity index is 990.